The van der Waals surface area contributed by atoms with Gasteiger partial charge in [0.2, 0.25) is 0 Å². The van der Waals surface area contributed by atoms with Crippen LogP contribution in [0.3, 0.4) is 0 Å². The van der Waals surface area contributed by atoms with E-state index in [1.807, 2.05) is 12.1 Å². The lowest BCUT2D eigenvalue weighted by atomic mass is 9.98. The van der Waals surface area contributed by atoms with Crippen LogP contribution in [0.15, 0.2) is 29.2 Å². The first kappa shape index (κ1) is 15.3. The predicted molar refractivity (Wildman–Crippen MR) is 87.3 cm³/mol. The number of nitrogens with zero attached hydrogens (tertiary/aromatic N) is 1. The molecule has 21 heavy (non-hydrogen) atoms. The summed E-state index contributed by atoms with van der Waals surface area (Å²) in [4.78, 5) is 3.37. The molecular formula is C17H25FN2S. The summed E-state index contributed by atoms with van der Waals surface area (Å²) in [6.07, 6.45) is 5.27. The Kier molecular flexibility index (Phi) is 5.19. The molecule has 2 bridgehead atoms. The molecule has 0 amide bonds. The van der Waals surface area contributed by atoms with E-state index < -0.39 is 0 Å². The maximum atomic E-state index is 13.6. The van der Waals surface area contributed by atoms with Crippen LogP contribution in [-0.2, 0) is 0 Å². The quantitative estimate of drug-likeness (QED) is 0.810. The van der Waals surface area contributed by atoms with Gasteiger partial charge in [-0.2, -0.15) is 0 Å². The van der Waals surface area contributed by atoms with Gasteiger partial charge in [-0.25, -0.2) is 4.39 Å². The highest BCUT2D eigenvalue weighted by atomic mass is 32.2. The summed E-state index contributed by atoms with van der Waals surface area (Å²) in [5.41, 5.74) is 0. The molecule has 2 nitrogen and oxygen atoms in total. The number of piperidine rings is 1. The van der Waals surface area contributed by atoms with Gasteiger partial charge in [0.15, 0.2) is 0 Å². The van der Waals surface area contributed by atoms with E-state index in [4.69, 9.17) is 0 Å². The highest BCUT2D eigenvalue weighted by molar-refractivity contribution is 7.99. The van der Waals surface area contributed by atoms with Gasteiger partial charge in [-0.15, -0.1) is 11.8 Å². The summed E-state index contributed by atoms with van der Waals surface area (Å²) in [6.45, 7) is 4.40. The molecule has 2 atom stereocenters. The summed E-state index contributed by atoms with van der Waals surface area (Å²) >= 11 is 1.64. The minimum absolute atomic E-state index is 0.0922. The molecule has 2 aliphatic heterocycles. The molecule has 116 valence electrons. The van der Waals surface area contributed by atoms with E-state index in [9.17, 15) is 4.39 Å². The maximum absolute atomic E-state index is 13.6. The van der Waals surface area contributed by atoms with E-state index >= 15 is 0 Å². The van der Waals surface area contributed by atoms with E-state index in [1.54, 1.807) is 23.9 Å². The highest BCUT2D eigenvalue weighted by Gasteiger charge is 2.35. The standard InChI is InChI=1S/C17H25FN2S/c1-2-20(15-11-13-7-8-14(12-15)19-13)9-10-21-17-6-4-3-5-16(17)18/h3-6,13-15,19H,2,7-12H2,1H3. The van der Waals surface area contributed by atoms with Crippen LogP contribution in [0.25, 0.3) is 0 Å². The molecule has 2 aliphatic rings. The van der Waals surface area contributed by atoms with Crippen molar-refractivity contribution in [2.75, 3.05) is 18.8 Å². The molecule has 3 rings (SSSR count). The molecule has 1 aromatic carbocycles. The second-order valence-electron chi connectivity index (χ2n) is 6.17. The van der Waals surface area contributed by atoms with Gasteiger partial charge in [0.25, 0.3) is 0 Å². The van der Waals surface area contributed by atoms with Crippen LogP contribution in [-0.4, -0.2) is 41.9 Å². The molecule has 0 aliphatic carbocycles. The Morgan fingerprint density at radius 2 is 1.95 bits per heavy atom. The Morgan fingerprint density at radius 3 is 2.62 bits per heavy atom. The van der Waals surface area contributed by atoms with E-state index in [0.717, 1.165) is 41.9 Å². The van der Waals surface area contributed by atoms with E-state index in [0.29, 0.717) is 0 Å². The first-order valence-electron chi connectivity index (χ1n) is 8.13. The van der Waals surface area contributed by atoms with Crippen molar-refractivity contribution < 1.29 is 4.39 Å². The van der Waals surface area contributed by atoms with Gasteiger partial charge in [-0.3, -0.25) is 4.90 Å². The minimum atomic E-state index is -0.0922. The average Bonchev–Trinajstić information content (AvgIpc) is 2.84. The molecule has 2 heterocycles. The third-order valence-electron chi connectivity index (χ3n) is 4.84. The molecule has 4 heteroatoms. The average molecular weight is 308 g/mol. The maximum Gasteiger partial charge on any atom is 0.136 e. The largest absolute Gasteiger partial charge is 0.311 e. The Morgan fingerprint density at radius 1 is 1.24 bits per heavy atom. The fourth-order valence-electron chi connectivity index (χ4n) is 3.76. The van der Waals surface area contributed by atoms with Crippen LogP contribution in [0.2, 0.25) is 0 Å². The molecule has 1 aromatic rings. The lowest BCUT2D eigenvalue weighted by Gasteiger charge is -2.37. The number of thioether (sulfide) groups is 1. The summed E-state index contributed by atoms with van der Waals surface area (Å²) < 4.78 is 13.6. The Labute approximate surface area is 131 Å². The molecule has 0 aromatic heterocycles. The van der Waals surface area contributed by atoms with Crippen LogP contribution in [0.4, 0.5) is 4.39 Å². The monoisotopic (exact) mass is 308 g/mol. The fourth-order valence-corrected chi connectivity index (χ4v) is 4.69. The smallest absolute Gasteiger partial charge is 0.136 e. The number of fused-ring (bicyclic) bond motifs is 2. The third kappa shape index (κ3) is 3.79. The van der Waals surface area contributed by atoms with Crippen LogP contribution < -0.4 is 5.32 Å². The first-order chi connectivity index (χ1) is 10.3. The molecule has 0 radical (unpaired) electrons. The van der Waals surface area contributed by atoms with Crippen molar-refractivity contribution in [2.24, 2.45) is 0 Å². The van der Waals surface area contributed by atoms with Crippen LogP contribution in [0, 0.1) is 5.82 Å². The molecule has 2 fully saturated rings. The van der Waals surface area contributed by atoms with Crippen molar-refractivity contribution in [2.45, 2.75) is 55.6 Å². The number of rotatable bonds is 6. The van der Waals surface area contributed by atoms with Gasteiger partial charge >= 0.3 is 0 Å². The third-order valence-corrected chi connectivity index (χ3v) is 5.87. The minimum Gasteiger partial charge on any atom is -0.311 e. The van der Waals surface area contributed by atoms with E-state index in [-0.39, 0.29) is 5.82 Å². The lowest BCUT2D eigenvalue weighted by molar-refractivity contribution is 0.156. The van der Waals surface area contributed by atoms with Gasteiger partial charge < -0.3 is 5.32 Å². The number of benzene rings is 1. The molecule has 2 unspecified atom stereocenters. The predicted octanol–water partition coefficient (Wildman–Crippen LogP) is 3.52. The van der Waals surface area contributed by atoms with Crippen molar-refractivity contribution >= 4 is 11.8 Å². The zero-order valence-corrected chi connectivity index (χ0v) is 13.5. The Bertz CT molecular complexity index is 456. The number of halogens is 1. The molecule has 2 saturated heterocycles. The lowest BCUT2D eigenvalue weighted by Crippen LogP contribution is -2.48. The van der Waals surface area contributed by atoms with Gasteiger partial charge in [-0.05, 0) is 44.4 Å². The van der Waals surface area contributed by atoms with Crippen LogP contribution in [0.5, 0.6) is 0 Å². The normalized spacial score (nSPS) is 28.2. The molecule has 0 saturated carbocycles. The number of hydrogen-bond donors (Lipinski definition) is 1. The molecule has 0 spiro atoms. The van der Waals surface area contributed by atoms with Crippen LogP contribution >= 0.6 is 11.8 Å². The zero-order chi connectivity index (χ0) is 14.7. The SMILES string of the molecule is CCN(CCSc1ccccc1F)C1CC2CCC(C1)N2. The van der Waals surface area contributed by atoms with Gasteiger partial charge in [-0.1, -0.05) is 19.1 Å². The van der Waals surface area contributed by atoms with Crippen molar-refractivity contribution in [3.05, 3.63) is 30.1 Å². The highest BCUT2D eigenvalue weighted by Crippen LogP contribution is 2.30. The van der Waals surface area contributed by atoms with Crippen molar-refractivity contribution in [3.63, 3.8) is 0 Å². The van der Waals surface area contributed by atoms with E-state index in [2.05, 4.69) is 17.1 Å². The Hall–Kier alpha value is -0.580. The van der Waals surface area contributed by atoms with Gasteiger partial charge in [0.1, 0.15) is 5.82 Å². The molecule has 1 N–H and O–H groups in total. The van der Waals surface area contributed by atoms with Gasteiger partial charge in [0, 0.05) is 35.3 Å². The van der Waals surface area contributed by atoms with Gasteiger partial charge in [0.05, 0.1) is 0 Å². The van der Waals surface area contributed by atoms with Crippen molar-refractivity contribution in [1.29, 1.82) is 0 Å². The first-order valence-corrected chi connectivity index (χ1v) is 9.12. The van der Waals surface area contributed by atoms with Crippen molar-refractivity contribution in [1.82, 2.24) is 10.2 Å². The fraction of sp³-hybridized carbons (Fsp3) is 0.647. The summed E-state index contributed by atoms with van der Waals surface area (Å²) in [7, 11) is 0. The zero-order valence-electron chi connectivity index (χ0n) is 12.7. The summed E-state index contributed by atoms with van der Waals surface area (Å²) in [5.74, 6) is 0.874. The van der Waals surface area contributed by atoms with E-state index in [1.165, 1.54) is 25.7 Å². The van der Waals surface area contributed by atoms with Crippen molar-refractivity contribution in [3.8, 4) is 0 Å². The molecular weight excluding hydrogens is 283 g/mol. The topological polar surface area (TPSA) is 15.3 Å². The number of hydrogen-bond acceptors (Lipinski definition) is 3. The Balaban J connectivity index is 1.50. The summed E-state index contributed by atoms with van der Waals surface area (Å²) in [6, 6.07) is 9.28. The van der Waals surface area contributed by atoms with Crippen LogP contribution in [0.1, 0.15) is 32.6 Å². The number of nitrogens with one attached hydrogen (secondary N) is 1. The second-order valence-corrected chi connectivity index (χ2v) is 7.31. The second kappa shape index (κ2) is 7.12. The summed E-state index contributed by atoms with van der Waals surface area (Å²) in [5, 5.41) is 3.71.